The van der Waals surface area contributed by atoms with Gasteiger partial charge in [-0.05, 0) is 26.2 Å². The maximum atomic E-state index is 11.3. The SMILES string of the molecule is CN(C)CCNc1nccc(N2CCN(c3ccccc3[N+](=O)[O-])CC2)n1. The molecule has 2 heterocycles. The lowest BCUT2D eigenvalue weighted by molar-refractivity contribution is -0.384. The fourth-order valence-corrected chi connectivity index (χ4v) is 3.06. The number of likely N-dealkylation sites (N-methyl/N-ethyl adjacent to an activating group) is 1. The van der Waals surface area contributed by atoms with E-state index in [4.69, 9.17) is 0 Å². The molecule has 1 fully saturated rings. The van der Waals surface area contributed by atoms with Crippen LogP contribution >= 0.6 is 0 Å². The van der Waals surface area contributed by atoms with Crippen molar-refractivity contribution < 1.29 is 4.92 Å². The van der Waals surface area contributed by atoms with Crippen molar-refractivity contribution in [2.45, 2.75) is 0 Å². The van der Waals surface area contributed by atoms with Gasteiger partial charge in [0.1, 0.15) is 11.5 Å². The van der Waals surface area contributed by atoms with Crippen molar-refractivity contribution in [2.24, 2.45) is 0 Å². The zero-order chi connectivity index (χ0) is 19.2. The summed E-state index contributed by atoms with van der Waals surface area (Å²) in [7, 11) is 4.05. The van der Waals surface area contributed by atoms with E-state index in [1.165, 1.54) is 0 Å². The highest BCUT2D eigenvalue weighted by atomic mass is 16.6. The molecule has 0 bridgehead atoms. The molecule has 2 aromatic rings. The first-order chi connectivity index (χ1) is 13.0. The monoisotopic (exact) mass is 371 g/mol. The largest absolute Gasteiger partial charge is 0.362 e. The Bertz CT molecular complexity index is 776. The normalized spacial score (nSPS) is 14.5. The van der Waals surface area contributed by atoms with E-state index >= 15 is 0 Å². The highest BCUT2D eigenvalue weighted by Gasteiger charge is 2.23. The van der Waals surface area contributed by atoms with Crippen LogP contribution in [0.1, 0.15) is 0 Å². The number of aromatic nitrogens is 2. The van der Waals surface area contributed by atoms with E-state index in [-0.39, 0.29) is 10.6 Å². The highest BCUT2D eigenvalue weighted by Crippen LogP contribution is 2.28. The molecule has 1 aromatic heterocycles. The second kappa shape index (κ2) is 8.63. The van der Waals surface area contributed by atoms with E-state index in [2.05, 4.69) is 30.0 Å². The van der Waals surface area contributed by atoms with Crippen molar-refractivity contribution in [2.75, 3.05) is 68.5 Å². The fraction of sp³-hybridized carbons (Fsp3) is 0.444. The Morgan fingerprint density at radius 3 is 2.56 bits per heavy atom. The van der Waals surface area contributed by atoms with Crippen molar-refractivity contribution in [1.29, 1.82) is 0 Å². The molecule has 0 aliphatic carbocycles. The third-order valence-corrected chi connectivity index (χ3v) is 4.51. The van der Waals surface area contributed by atoms with Gasteiger partial charge < -0.3 is 20.0 Å². The lowest BCUT2D eigenvalue weighted by atomic mass is 10.2. The minimum atomic E-state index is -0.322. The molecule has 1 saturated heterocycles. The van der Waals surface area contributed by atoms with Gasteiger partial charge in [-0.25, -0.2) is 4.98 Å². The highest BCUT2D eigenvalue weighted by molar-refractivity contribution is 5.63. The summed E-state index contributed by atoms with van der Waals surface area (Å²) in [4.78, 5) is 26.1. The van der Waals surface area contributed by atoms with E-state index in [1.807, 2.05) is 32.3 Å². The maximum Gasteiger partial charge on any atom is 0.292 e. The summed E-state index contributed by atoms with van der Waals surface area (Å²) in [5, 5.41) is 14.5. The molecule has 0 unspecified atom stereocenters. The molecule has 27 heavy (non-hydrogen) atoms. The number of rotatable bonds is 7. The van der Waals surface area contributed by atoms with Crippen LogP contribution in [-0.2, 0) is 0 Å². The zero-order valence-electron chi connectivity index (χ0n) is 15.7. The van der Waals surface area contributed by atoms with Crippen molar-refractivity contribution in [3.8, 4) is 0 Å². The first-order valence-corrected chi connectivity index (χ1v) is 8.99. The molecule has 0 amide bonds. The summed E-state index contributed by atoms with van der Waals surface area (Å²) in [6, 6.07) is 8.80. The van der Waals surface area contributed by atoms with Crippen LogP contribution in [0.4, 0.5) is 23.1 Å². The van der Waals surface area contributed by atoms with Crippen molar-refractivity contribution in [3.05, 3.63) is 46.6 Å². The van der Waals surface area contributed by atoms with Gasteiger partial charge in [0.2, 0.25) is 5.95 Å². The van der Waals surface area contributed by atoms with Crippen LogP contribution in [0.3, 0.4) is 0 Å². The van der Waals surface area contributed by atoms with Gasteiger partial charge in [-0.2, -0.15) is 4.98 Å². The fourth-order valence-electron chi connectivity index (χ4n) is 3.06. The molecule has 9 nitrogen and oxygen atoms in total. The van der Waals surface area contributed by atoms with Gasteiger partial charge in [-0.15, -0.1) is 0 Å². The van der Waals surface area contributed by atoms with Crippen molar-refractivity contribution in [1.82, 2.24) is 14.9 Å². The molecular formula is C18H25N7O2. The van der Waals surface area contributed by atoms with Crippen molar-refractivity contribution >= 4 is 23.1 Å². The number of hydrogen-bond donors (Lipinski definition) is 1. The molecule has 1 aliphatic heterocycles. The average Bonchev–Trinajstić information content (AvgIpc) is 2.68. The minimum Gasteiger partial charge on any atom is -0.362 e. The Morgan fingerprint density at radius 1 is 1.15 bits per heavy atom. The molecule has 0 spiro atoms. The summed E-state index contributed by atoms with van der Waals surface area (Å²) in [6.07, 6.45) is 1.76. The van der Waals surface area contributed by atoms with Crippen LogP contribution in [0, 0.1) is 10.1 Å². The van der Waals surface area contributed by atoms with Crippen LogP contribution < -0.4 is 15.1 Å². The van der Waals surface area contributed by atoms with Crippen LogP contribution in [-0.4, -0.2) is 73.2 Å². The molecule has 1 N–H and O–H groups in total. The zero-order valence-corrected chi connectivity index (χ0v) is 15.7. The minimum absolute atomic E-state index is 0.153. The number of para-hydroxylation sites is 2. The van der Waals surface area contributed by atoms with E-state index in [9.17, 15) is 10.1 Å². The topological polar surface area (TPSA) is 90.7 Å². The van der Waals surface area contributed by atoms with Gasteiger partial charge in [0.05, 0.1) is 4.92 Å². The Balaban J connectivity index is 1.62. The van der Waals surface area contributed by atoms with Crippen LogP contribution in [0.15, 0.2) is 36.5 Å². The maximum absolute atomic E-state index is 11.3. The summed E-state index contributed by atoms with van der Waals surface area (Å²) >= 11 is 0. The number of anilines is 3. The molecular weight excluding hydrogens is 346 g/mol. The van der Waals surface area contributed by atoms with Crippen LogP contribution in [0.25, 0.3) is 0 Å². The third kappa shape index (κ3) is 4.82. The molecule has 0 radical (unpaired) electrons. The predicted molar refractivity (Wildman–Crippen MR) is 107 cm³/mol. The number of nitrogens with zero attached hydrogens (tertiary/aromatic N) is 6. The summed E-state index contributed by atoms with van der Waals surface area (Å²) in [5.74, 6) is 1.50. The summed E-state index contributed by atoms with van der Waals surface area (Å²) < 4.78 is 0. The van der Waals surface area contributed by atoms with Gasteiger partial charge in [0.25, 0.3) is 5.69 Å². The second-order valence-corrected chi connectivity index (χ2v) is 6.69. The van der Waals surface area contributed by atoms with E-state index in [0.717, 1.165) is 32.0 Å². The standard InChI is InChI=1S/C18H25N7O2/c1-22(2)10-9-20-18-19-8-7-17(21-18)24-13-11-23(12-14-24)15-5-3-4-6-16(15)25(26)27/h3-8H,9-14H2,1-2H3,(H,19,20,21). The first kappa shape index (κ1) is 18.8. The lowest BCUT2D eigenvalue weighted by Gasteiger charge is -2.36. The Labute approximate surface area is 158 Å². The molecule has 3 rings (SSSR count). The third-order valence-electron chi connectivity index (χ3n) is 4.51. The van der Waals surface area contributed by atoms with Gasteiger partial charge in [-0.1, -0.05) is 12.1 Å². The summed E-state index contributed by atoms with van der Waals surface area (Å²) in [5.41, 5.74) is 0.830. The first-order valence-electron chi connectivity index (χ1n) is 8.99. The van der Waals surface area contributed by atoms with Crippen LogP contribution in [0.2, 0.25) is 0 Å². The Morgan fingerprint density at radius 2 is 1.85 bits per heavy atom. The number of nitro benzene ring substituents is 1. The number of benzene rings is 1. The van der Waals surface area contributed by atoms with E-state index in [1.54, 1.807) is 18.3 Å². The molecule has 1 aliphatic rings. The molecule has 0 atom stereocenters. The molecule has 9 heteroatoms. The molecule has 1 aromatic carbocycles. The quantitative estimate of drug-likeness (QED) is 0.581. The molecule has 144 valence electrons. The number of hydrogen-bond acceptors (Lipinski definition) is 8. The second-order valence-electron chi connectivity index (χ2n) is 6.69. The van der Waals surface area contributed by atoms with Gasteiger partial charge in [-0.3, -0.25) is 10.1 Å². The smallest absolute Gasteiger partial charge is 0.292 e. The van der Waals surface area contributed by atoms with Gasteiger partial charge in [0, 0.05) is 51.5 Å². The predicted octanol–water partition coefficient (Wildman–Crippen LogP) is 1.68. The number of nitrogens with one attached hydrogen (secondary N) is 1. The summed E-state index contributed by atoms with van der Waals surface area (Å²) in [6.45, 7) is 4.60. The van der Waals surface area contributed by atoms with Gasteiger partial charge in [0.15, 0.2) is 0 Å². The average molecular weight is 371 g/mol. The van der Waals surface area contributed by atoms with E-state index in [0.29, 0.717) is 24.7 Å². The Kier molecular flexibility index (Phi) is 6.02. The van der Waals surface area contributed by atoms with E-state index < -0.39 is 0 Å². The Hall–Kier alpha value is -2.94. The lowest BCUT2D eigenvalue weighted by Crippen LogP contribution is -2.47. The van der Waals surface area contributed by atoms with Crippen molar-refractivity contribution in [3.63, 3.8) is 0 Å². The van der Waals surface area contributed by atoms with Gasteiger partial charge >= 0.3 is 0 Å². The van der Waals surface area contributed by atoms with Crippen LogP contribution in [0.5, 0.6) is 0 Å². The number of nitro groups is 1. The molecule has 0 saturated carbocycles. The number of piperazine rings is 1.